The number of cyclic esters (lactones) is 1. The number of rotatable bonds is 9. The minimum atomic E-state index is -3.92. The van der Waals surface area contributed by atoms with Gasteiger partial charge in [0.1, 0.15) is 6.04 Å². The van der Waals surface area contributed by atoms with E-state index in [1.165, 1.54) is 6.92 Å². The van der Waals surface area contributed by atoms with Crippen molar-refractivity contribution < 1.29 is 22.7 Å². The van der Waals surface area contributed by atoms with Gasteiger partial charge in [-0.05, 0) is 18.4 Å². The smallest absolute Gasteiger partial charge is 0.328 e. The Morgan fingerprint density at radius 1 is 1.36 bits per heavy atom. The zero-order valence-corrected chi connectivity index (χ0v) is 17.5. The Morgan fingerprint density at radius 2 is 2.00 bits per heavy atom. The molecule has 0 aliphatic carbocycles. The first-order valence-corrected chi connectivity index (χ1v) is 11.3. The predicted molar refractivity (Wildman–Crippen MR) is 107 cm³/mol. The molecule has 1 saturated heterocycles. The third kappa shape index (κ3) is 4.91. The molecule has 1 aliphatic rings. The lowest BCUT2D eigenvalue weighted by Crippen LogP contribution is -2.57. The van der Waals surface area contributed by atoms with Gasteiger partial charge in [-0.2, -0.15) is 0 Å². The van der Waals surface area contributed by atoms with Gasteiger partial charge in [-0.25, -0.2) is 13.2 Å². The van der Waals surface area contributed by atoms with Gasteiger partial charge in [0.15, 0.2) is 14.6 Å². The Balaban J connectivity index is 2.34. The molecule has 0 radical (unpaired) electrons. The van der Waals surface area contributed by atoms with E-state index in [-0.39, 0.29) is 24.7 Å². The first-order valence-electron chi connectivity index (χ1n) is 9.60. The van der Waals surface area contributed by atoms with Crippen LogP contribution in [0.1, 0.15) is 39.2 Å². The van der Waals surface area contributed by atoms with E-state index in [2.05, 4.69) is 5.32 Å². The number of benzene rings is 1. The highest BCUT2D eigenvalue weighted by Gasteiger charge is 2.48. The lowest BCUT2D eigenvalue weighted by Gasteiger charge is -2.31. The van der Waals surface area contributed by atoms with Crippen LogP contribution >= 0.6 is 0 Å². The number of hydrogen-bond acceptors (Lipinski definition) is 6. The molecule has 3 N–H and O–H groups in total. The summed E-state index contributed by atoms with van der Waals surface area (Å²) in [6.07, 6.45) is 1.07. The predicted octanol–water partition coefficient (Wildman–Crippen LogP) is 1.21. The van der Waals surface area contributed by atoms with Crippen molar-refractivity contribution in [3.8, 4) is 0 Å². The van der Waals surface area contributed by atoms with Crippen molar-refractivity contribution in [3.05, 3.63) is 35.9 Å². The van der Waals surface area contributed by atoms with E-state index in [0.29, 0.717) is 6.42 Å². The molecule has 0 bridgehead atoms. The van der Waals surface area contributed by atoms with E-state index in [0.717, 1.165) is 12.0 Å². The number of sulfone groups is 1. The van der Waals surface area contributed by atoms with Gasteiger partial charge < -0.3 is 15.8 Å². The normalized spacial score (nSPS) is 21.4. The fraction of sp³-hybridized carbons (Fsp3) is 0.600. The Labute approximate surface area is 166 Å². The van der Waals surface area contributed by atoms with E-state index >= 15 is 0 Å². The maximum atomic E-state index is 13.3. The minimum Gasteiger partial charge on any atom is -0.464 e. The number of ether oxygens (including phenoxy) is 1. The molecule has 8 heteroatoms. The molecule has 0 spiro atoms. The molecule has 28 heavy (non-hydrogen) atoms. The Bertz CT molecular complexity index is 796. The van der Waals surface area contributed by atoms with Gasteiger partial charge >= 0.3 is 5.97 Å². The number of hydrogen-bond donors (Lipinski definition) is 2. The van der Waals surface area contributed by atoms with E-state index in [9.17, 15) is 18.0 Å². The SMILES string of the molecule is CC[C@H](C)C(N)CS(=O)(=O)C(C)(Cc1ccccc1)C(=O)N[C@H]1CCOC1=O. The molecule has 2 unspecified atom stereocenters. The Hall–Kier alpha value is -1.93. The van der Waals surface area contributed by atoms with Crippen molar-refractivity contribution in [2.75, 3.05) is 12.4 Å². The Morgan fingerprint density at radius 3 is 2.54 bits per heavy atom. The maximum Gasteiger partial charge on any atom is 0.328 e. The van der Waals surface area contributed by atoms with E-state index in [1.54, 1.807) is 24.3 Å². The second kappa shape index (κ2) is 9.05. The number of carbonyl (C=O) groups is 2. The van der Waals surface area contributed by atoms with E-state index < -0.39 is 38.5 Å². The lowest BCUT2D eigenvalue weighted by atomic mass is 9.98. The van der Waals surface area contributed by atoms with Gasteiger partial charge in [0.25, 0.3) is 0 Å². The molecule has 1 aromatic rings. The molecule has 2 rings (SSSR count). The zero-order valence-electron chi connectivity index (χ0n) is 16.7. The molecular formula is C20H30N2O5S. The number of amides is 1. The number of esters is 1. The molecule has 0 saturated carbocycles. The highest BCUT2D eigenvalue weighted by molar-refractivity contribution is 7.93. The molecule has 1 fully saturated rings. The maximum absolute atomic E-state index is 13.3. The highest BCUT2D eigenvalue weighted by Crippen LogP contribution is 2.27. The lowest BCUT2D eigenvalue weighted by molar-refractivity contribution is -0.141. The molecule has 1 amide bonds. The summed E-state index contributed by atoms with van der Waals surface area (Å²) >= 11 is 0. The van der Waals surface area contributed by atoms with Crippen LogP contribution in [-0.2, 0) is 30.6 Å². The van der Waals surface area contributed by atoms with Gasteiger partial charge in [-0.1, -0.05) is 50.6 Å². The van der Waals surface area contributed by atoms with Gasteiger partial charge in [-0.15, -0.1) is 0 Å². The summed E-state index contributed by atoms with van der Waals surface area (Å²) < 4.78 is 29.8. The van der Waals surface area contributed by atoms with Gasteiger partial charge in [0, 0.05) is 18.9 Å². The van der Waals surface area contributed by atoms with Crippen molar-refractivity contribution in [3.63, 3.8) is 0 Å². The van der Waals surface area contributed by atoms with Gasteiger partial charge in [-0.3, -0.25) is 4.79 Å². The summed E-state index contributed by atoms with van der Waals surface area (Å²) in [6, 6.07) is 7.57. The average Bonchev–Trinajstić information content (AvgIpc) is 3.05. The molecular weight excluding hydrogens is 380 g/mol. The highest BCUT2D eigenvalue weighted by atomic mass is 32.2. The second-order valence-corrected chi connectivity index (χ2v) is 10.2. The van der Waals surface area contributed by atoms with Gasteiger partial charge in [0.2, 0.25) is 5.91 Å². The van der Waals surface area contributed by atoms with Crippen LogP contribution in [0.15, 0.2) is 30.3 Å². The molecule has 156 valence electrons. The first kappa shape index (κ1) is 22.4. The summed E-state index contributed by atoms with van der Waals surface area (Å²) in [5, 5.41) is 2.58. The second-order valence-electron chi connectivity index (χ2n) is 7.71. The van der Waals surface area contributed by atoms with Crippen LogP contribution in [0.4, 0.5) is 0 Å². The fourth-order valence-electron chi connectivity index (χ4n) is 3.16. The summed E-state index contributed by atoms with van der Waals surface area (Å²) in [4.78, 5) is 24.8. The monoisotopic (exact) mass is 410 g/mol. The van der Waals surface area contributed by atoms with Crippen molar-refractivity contribution >= 4 is 21.7 Å². The van der Waals surface area contributed by atoms with Crippen LogP contribution in [0, 0.1) is 5.92 Å². The average molecular weight is 411 g/mol. The van der Waals surface area contributed by atoms with Crippen molar-refractivity contribution in [2.24, 2.45) is 11.7 Å². The first-order chi connectivity index (χ1) is 13.1. The topological polar surface area (TPSA) is 116 Å². The van der Waals surface area contributed by atoms with Crippen LogP contribution < -0.4 is 11.1 Å². The Kier molecular flexibility index (Phi) is 7.22. The zero-order chi connectivity index (χ0) is 20.9. The molecule has 1 heterocycles. The number of carbonyl (C=O) groups excluding carboxylic acids is 2. The summed E-state index contributed by atoms with van der Waals surface area (Å²) in [5.74, 6) is -1.53. The number of nitrogens with two attached hydrogens (primary N) is 1. The summed E-state index contributed by atoms with van der Waals surface area (Å²) in [7, 11) is -3.92. The molecule has 4 atom stereocenters. The largest absolute Gasteiger partial charge is 0.464 e. The summed E-state index contributed by atoms with van der Waals surface area (Å²) in [6.45, 7) is 5.46. The van der Waals surface area contributed by atoms with Crippen molar-refractivity contribution in [1.82, 2.24) is 5.32 Å². The third-order valence-electron chi connectivity index (χ3n) is 5.58. The van der Waals surface area contributed by atoms with Crippen LogP contribution in [0.3, 0.4) is 0 Å². The molecule has 1 aromatic carbocycles. The molecule has 0 aromatic heterocycles. The van der Waals surface area contributed by atoms with Crippen LogP contribution in [0.5, 0.6) is 0 Å². The fourth-order valence-corrected chi connectivity index (χ4v) is 5.09. The molecule has 7 nitrogen and oxygen atoms in total. The standard InChI is InChI=1S/C20H30N2O5S/c1-4-14(2)16(21)13-28(25,26)20(3,12-15-8-6-5-7-9-15)19(24)22-17-10-11-27-18(17)23/h5-9,14,16-17H,4,10-13,21H2,1-3H3,(H,22,24)/t14-,16?,17-,20?/m0/s1. The van der Waals surface area contributed by atoms with Gasteiger partial charge in [0.05, 0.1) is 12.4 Å². The van der Waals surface area contributed by atoms with E-state index in [1.807, 2.05) is 19.9 Å². The van der Waals surface area contributed by atoms with E-state index in [4.69, 9.17) is 10.5 Å². The van der Waals surface area contributed by atoms with Crippen LogP contribution in [0.2, 0.25) is 0 Å². The van der Waals surface area contributed by atoms with Crippen LogP contribution in [-0.4, -0.2) is 49.5 Å². The van der Waals surface area contributed by atoms with Crippen molar-refractivity contribution in [1.29, 1.82) is 0 Å². The third-order valence-corrected chi connectivity index (χ3v) is 8.10. The molecule has 1 aliphatic heterocycles. The number of nitrogens with one attached hydrogen (secondary N) is 1. The minimum absolute atomic E-state index is 0.00298. The quantitative estimate of drug-likeness (QED) is 0.591. The van der Waals surface area contributed by atoms with Crippen LogP contribution in [0.25, 0.3) is 0 Å². The summed E-state index contributed by atoms with van der Waals surface area (Å²) in [5.41, 5.74) is 6.82. The van der Waals surface area contributed by atoms with Crippen molar-refractivity contribution in [2.45, 2.75) is 56.9 Å².